The maximum atomic E-state index is 13.8. The number of likely N-dealkylation sites (N-methyl/N-ethyl adjacent to an activating group) is 1. The van der Waals surface area contributed by atoms with Crippen molar-refractivity contribution in [1.82, 2.24) is 10.2 Å². The lowest BCUT2D eigenvalue weighted by molar-refractivity contribution is -0.181. The molecule has 1 aromatic rings. The van der Waals surface area contributed by atoms with Crippen LogP contribution >= 0.6 is 0 Å². The maximum absolute atomic E-state index is 13.8. The van der Waals surface area contributed by atoms with Crippen molar-refractivity contribution in [3.05, 3.63) is 28.8 Å². The van der Waals surface area contributed by atoms with Gasteiger partial charge in [-0.1, -0.05) is 13.0 Å². The smallest absolute Gasteiger partial charge is 0.235 e. The number of aliphatic hydroxyl groups is 1. The number of phenols is 1. The molecule has 0 bridgehead atoms. The molecule has 7 atom stereocenters. The van der Waals surface area contributed by atoms with E-state index in [1.807, 2.05) is 13.8 Å². The third kappa shape index (κ3) is 3.70. The number of hydrogen-bond donors (Lipinski definition) is 4. The number of hydrogen-bond acceptors (Lipinski definition) is 9. The predicted octanol–water partition coefficient (Wildman–Crippen LogP) is -0.245. The van der Waals surface area contributed by atoms with Crippen molar-refractivity contribution in [2.24, 2.45) is 29.4 Å². The molecule has 36 heavy (non-hydrogen) atoms. The number of rotatable bonds is 6. The van der Waals surface area contributed by atoms with E-state index in [2.05, 4.69) is 5.32 Å². The number of primary amides is 1. The van der Waals surface area contributed by atoms with Crippen molar-refractivity contribution in [2.75, 3.05) is 14.1 Å². The lowest BCUT2D eigenvalue weighted by atomic mass is 9.52. The maximum Gasteiger partial charge on any atom is 0.235 e. The second-order valence-electron chi connectivity index (χ2n) is 10.6. The molecule has 4 rings (SSSR count). The zero-order valence-corrected chi connectivity index (χ0v) is 20.9. The number of carbonyl (C=O) groups excluding carboxylic acids is 5. The number of amides is 1. The lowest BCUT2D eigenvalue weighted by Gasteiger charge is -2.52. The molecule has 194 valence electrons. The van der Waals surface area contributed by atoms with Crippen LogP contribution < -0.4 is 11.1 Å². The van der Waals surface area contributed by atoms with Gasteiger partial charge in [0, 0.05) is 18.5 Å². The summed E-state index contributed by atoms with van der Waals surface area (Å²) in [5, 5.41) is 25.5. The van der Waals surface area contributed by atoms with Gasteiger partial charge in [-0.3, -0.25) is 28.9 Å². The molecule has 0 heterocycles. The first-order valence-corrected chi connectivity index (χ1v) is 12.3. The molecule has 10 nitrogen and oxygen atoms in total. The van der Waals surface area contributed by atoms with E-state index in [9.17, 15) is 34.2 Å². The van der Waals surface area contributed by atoms with E-state index in [4.69, 9.17) is 5.73 Å². The van der Waals surface area contributed by atoms with Crippen LogP contribution in [0.15, 0.2) is 12.1 Å². The summed E-state index contributed by atoms with van der Waals surface area (Å²) < 4.78 is 0. The molecular formula is C26H33N3O7. The Morgan fingerprint density at radius 2 is 1.89 bits per heavy atom. The van der Waals surface area contributed by atoms with Gasteiger partial charge >= 0.3 is 0 Å². The van der Waals surface area contributed by atoms with E-state index in [1.54, 1.807) is 20.2 Å². The fourth-order valence-corrected chi connectivity index (χ4v) is 6.26. The quantitative estimate of drug-likeness (QED) is 0.386. The number of nitrogens with two attached hydrogens (primary N) is 1. The van der Waals surface area contributed by atoms with E-state index in [1.165, 1.54) is 11.0 Å². The van der Waals surface area contributed by atoms with Gasteiger partial charge in [-0.25, -0.2) is 0 Å². The van der Waals surface area contributed by atoms with Crippen LogP contribution in [0, 0.1) is 23.7 Å². The highest BCUT2D eigenvalue weighted by molar-refractivity contribution is 6.32. The van der Waals surface area contributed by atoms with Crippen molar-refractivity contribution in [1.29, 1.82) is 0 Å². The molecule has 10 heteroatoms. The molecule has 0 radical (unpaired) electrons. The largest absolute Gasteiger partial charge is 0.507 e. The standard InChI is InChI=1S/C26H33N3O7/c1-5-11(2)28-10-12-6-7-16(30)18-14(12)8-13-9-15-20(29(3)4)22(32)19(25(27)35)24(34)26(15,36)23(33)17(13)21(18)31/h6-7,11,13,15,17,19-20,28,30,36H,5,8-10H2,1-4H3,(H2,27,35). The molecule has 0 aliphatic heterocycles. The van der Waals surface area contributed by atoms with E-state index < -0.39 is 64.4 Å². The third-order valence-corrected chi connectivity index (χ3v) is 8.30. The minimum atomic E-state index is -2.71. The second-order valence-corrected chi connectivity index (χ2v) is 10.6. The number of aromatic hydroxyl groups is 1. The fourth-order valence-electron chi connectivity index (χ4n) is 6.26. The van der Waals surface area contributed by atoms with Gasteiger partial charge in [-0.15, -0.1) is 0 Å². The van der Waals surface area contributed by atoms with E-state index in [0.29, 0.717) is 12.1 Å². The summed E-state index contributed by atoms with van der Waals surface area (Å²) in [6.07, 6.45) is 1.20. The Labute approximate surface area is 209 Å². The Morgan fingerprint density at radius 3 is 2.47 bits per heavy atom. The average molecular weight is 500 g/mol. The molecule has 1 aromatic carbocycles. The van der Waals surface area contributed by atoms with E-state index in [0.717, 1.165) is 12.0 Å². The Morgan fingerprint density at radius 1 is 1.22 bits per heavy atom. The van der Waals surface area contributed by atoms with Crippen LogP contribution in [0.4, 0.5) is 0 Å². The summed E-state index contributed by atoms with van der Waals surface area (Å²) in [5.41, 5.74) is 4.08. The number of ketones is 4. The number of benzene rings is 1. The first-order chi connectivity index (χ1) is 16.9. The summed E-state index contributed by atoms with van der Waals surface area (Å²) in [7, 11) is 3.12. The lowest BCUT2D eigenvalue weighted by Crippen LogP contribution is -2.74. The van der Waals surface area contributed by atoms with E-state index in [-0.39, 0.29) is 30.2 Å². The Bertz CT molecular complexity index is 1160. The summed E-state index contributed by atoms with van der Waals surface area (Å²) in [5.74, 6) is -10.3. The summed E-state index contributed by atoms with van der Waals surface area (Å²) in [4.78, 5) is 67.3. The predicted molar refractivity (Wildman–Crippen MR) is 128 cm³/mol. The molecule has 0 aromatic heterocycles. The molecule has 1 amide bonds. The monoisotopic (exact) mass is 499 g/mol. The Hall–Kier alpha value is -2.95. The van der Waals surface area contributed by atoms with Crippen LogP contribution in [0.1, 0.15) is 48.2 Å². The molecule has 5 N–H and O–H groups in total. The van der Waals surface area contributed by atoms with Gasteiger partial charge in [-0.05, 0) is 63.4 Å². The molecule has 7 unspecified atom stereocenters. The fraction of sp³-hybridized carbons (Fsp3) is 0.577. The Kier molecular flexibility index (Phi) is 6.65. The highest BCUT2D eigenvalue weighted by Gasteiger charge is 2.69. The number of nitrogens with one attached hydrogen (secondary N) is 1. The molecule has 3 aliphatic carbocycles. The Balaban J connectivity index is 1.81. The summed E-state index contributed by atoms with van der Waals surface area (Å²) in [6.45, 7) is 4.54. The molecular weight excluding hydrogens is 466 g/mol. The number of fused-ring (bicyclic) bond motifs is 3. The SMILES string of the molecule is CCC(C)NCc1ccc(O)c2c1CC1CC3C(N(C)C)C(=O)C(C(N)=O)C(=O)C3(O)C(=O)C1C2=O. The van der Waals surface area contributed by atoms with Gasteiger partial charge in [0.05, 0.1) is 17.5 Å². The van der Waals surface area contributed by atoms with Crippen LogP contribution in [0.25, 0.3) is 0 Å². The minimum Gasteiger partial charge on any atom is -0.507 e. The molecule has 2 fully saturated rings. The zero-order chi connectivity index (χ0) is 26.7. The van der Waals surface area contributed by atoms with Gasteiger partial charge < -0.3 is 21.3 Å². The number of phenolic OH excluding ortho intramolecular Hbond substituents is 1. The van der Waals surface area contributed by atoms with Crippen molar-refractivity contribution < 1.29 is 34.2 Å². The van der Waals surface area contributed by atoms with Gasteiger partial charge in [0.25, 0.3) is 0 Å². The van der Waals surface area contributed by atoms with Gasteiger partial charge in [0.15, 0.2) is 34.7 Å². The van der Waals surface area contributed by atoms with Crippen molar-refractivity contribution in [2.45, 2.75) is 57.3 Å². The van der Waals surface area contributed by atoms with Gasteiger partial charge in [0.1, 0.15) is 5.75 Å². The number of carbonyl (C=O) groups is 5. The van der Waals surface area contributed by atoms with Crippen LogP contribution in [0.2, 0.25) is 0 Å². The second kappa shape index (κ2) is 9.17. The molecule has 2 saturated carbocycles. The molecule has 3 aliphatic rings. The minimum absolute atomic E-state index is 0.0186. The first-order valence-electron chi connectivity index (χ1n) is 12.3. The highest BCUT2D eigenvalue weighted by atomic mass is 16.3. The van der Waals surface area contributed by atoms with Gasteiger partial charge in [0.2, 0.25) is 5.91 Å². The van der Waals surface area contributed by atoms with Gasteiger partial charge in [-0.2, -0.15) is 0 Å². The van der Waals surface area contributed by atoms with Crippen LogP contribution in [0.3, 0.4) is 0 Å². The zero-order valence-electron chi connectivity index (χ0n) is 20.9. The summed E-state index contributed by atoms with van der Waals surface area (Å²) in [6, 6.07) is 2.27. The van der Waals surface area contributed by atoms with Crippen LogP contribution in [-0.4, -0.2) is 75.9 Å². The van der Waals surface area contributed by atoms with Crippen LogP contribution in [-0.2, 0) is 32.1 Å². The van der Waals surface area contributed by atoms with Crippen LogP contribution in [0.5, 0.6) is 5.75 Å². The average Bonchev–Trinajstić information content (AvgIpc) is 2.80. The van der Waals surface area contributed by atoms with Crippen molar-refractivity contribution >= 4 is 29.0 Å². The molecule has 0 spiro atoms. The highest BCUT2D eigenvalue weighted by Crippen LogP contribution is 2.51. The summed E-state index contributed by atoms with van der Waals surface area (Å²) >= 11 is 0. The first kappa shape index (κ1) is 26.1. The van der Waals surface area contributed by atoms with Crippen molar-refractivity contribution in [3.63, 3.8) is 0 Å². The van der Waals surface area contributed by atoms with E-state index >= 15 is 0 Å². The third-order valence-electron chi connectivity index (χ3n) is 8.30. The van der Waals surface area contributed by atoms with Crippen molar-refractivity contribution in [3.8, 4) is 5.75 Å². The number of nitrogens with zero attached hydrogens (tertiary/aromatic N) is 1. The normalized spacial score (nSPS) is 32.7. The molecule has 0 saturated heterocycles. The number of Topliss-reactive ketones (excluding diaryl/α,β-unsaturated/α-hetero) is 4. The topological polar surface area (TPSA) is 167 Å².